The van der Waals surface area contributed by atoms with Gasteiger partial charge in [0.15, 0.2) is 5.75 Å². The second-order valence-electron chi connectivity index (χ2n) is 3.50. The first kappa shape index (κ1) is 14.8. The molecule has 0 aliphatic carbocycles. The predicted octanol–water partition coefficient (Wildman–Crippen LogP) is 2.11. The molecule has 1 aromatic rings. The van der Waals surface area contributed by atoms with Crippen molar-refractivity contribution in [3.63, 3.8) is 0 Å². The van der Waals surface area contributed by atoms with E-state index in [4.69, 9.17) is 20.2 Å². The Kier molecular flexibility index (Phi) is 4.59. The van der Waals surface area contributed by atoms with E-state index in [1.54, 1.807) is 13.0 Å². The molecule has 0 saturated heterocycles. The summed E-state index contributed by atoms with van der Waals surface area (Å²) in [4.78, 5) is 10.8. The second-order valence-corrected chi connectivity index (χ2v) is 6.00. The molecule has 1 rings (SSSR count). The van der Waals surface area contributed by atoms with Crippen LogP contribution in [0, 0.1) is 0 Å². The summed E-state index contributed by atoms with van der Waals surface area (Å²) in [6, 6.07) is 2.86. The molecule has 0 radical (unpaired) electrons. The molecule has 0 spiro atoms. The van der Waals surface area contributed by atoms with Crippen molar-refractivity contribution in [2.24, 2.45) is 0 Å². The fourth-order valence-electron chi connectivity index (χ4n) is 1.52. The van der Waals surface area contributed by atoms with Gasteiger partial charge in [-0.25, -0.2) is 8.42 Å². The van der Waals surface area contributed by atoms with Crippen LogP contribution < -0.4 is 9.47 Å². The molecule has 0 atom stereocenters. The van der Waals surface area contributed by atoms with Gasteiger partial charge in [0.1, 0.15) is 10.6 Å². The molecule has 0 N–H and O–H groups in total. The van der Waals surface area contributed by atoms with E-state index in [2.05, 4.69) is 0 Å². The Morgan fingerprint density at radius 3 is 2.39 bits per heavy atom. The van der Waals surface area contributed by atoms with E-state index in [1.807, 2.05) is 0 Å². The fourth-order valence-corrected chi connectivity index (χ4v) is 2.90. The molecular weight excluding hydrogens is 280 g/mol. The predicted molar refractivity (Wildman–Crippen MR) is 66.7 cm³/mol. The monoisotopic (exact) mass is 292 g/mol. The fraction of sp³-hybridized carbons (Fsp3) is 0.364. The first-order valence-corrected chi connectivity index (χ1v) is 7.44. The lowest BCUT2D eigenvalue weighted by atomic mass is 10.1. The van der Waals surface area contributed by atoms with E-state index >= 15 is 0 Å². The Labute approximate surface area is 110 Å². The number of carbonyl (C=O) groups is 1. The zero-order valence-corrected chi connectivity index (χ0v) is 11.8. The summed E-state index contributed by atoms with van der Waals surface area (Å²) in [7, 11) is 2.79. The third kappa shape index (κ3) is 3.36. The van der Waals surface area contributed by atoms with Crippen LogP contribution >= 0.6 is 10.7 Å². The van der Waals surface area contributed by atoms with Crippen molar-refractivity contribution in [2.45, 2.75) is 25.2 Å². The van der Waals surface area contributed by atoms with Gasteiger partial charge < -0.3 is 9.47 Å². The van der Waals surface area contributed by atoms with E-state index in [9.17, 15) is 13.2 Å². The van der Waals surface area contributed by atoms with Crippen LogP contribution in [0.5, 0.6) is 11.5 Å². The first-order valence-electron chi connectivity index (χ1n) is 5.13. The Hall–Kier alpha value is -1.27. The molecule has 7 heteroatoms. The van der Waals surface area contributed by atoms with Crippen molar-refractivity contribution < 1.29 is 22.7 Å². The maximum atomic E-state index is 11.5. The number of hydrogen-bond acceptors (Lipinski definition) is 5. The number of carbonyl (C=O) groups excluding carboxylic acids is 1. The molecule has 100 valence electrons. The van der Waals surface area contributed by atoms with Crippen LogP contribution in [0.2, 0.25) is 0 Å². The Morgan fingerprint density at radius 1 is 1.39 bits per heavy atom. The lowest BCUT2D eigenvalue weighted by Gasteiger charge is -2.12. The minimum Gasteiger partial charge on any atom is -0.497 e. The summed E-state index contributed by atoms with van der Waals surface area (Å²) in [6.07, 6.45) is 0.409. The highest BCUT2D eigenvalue weighted by molar-refractivity contribution is 8.13. The molecule has 1 aromatic carbocycles. The number of aryl methyl sites for hydroxylation is 1. The smallest absolute Gasteiger partial charge is 0.308 e. The number of hydrogen-bond donors (Lipinski definition) is 0. The van der Waals surface area contributed by atoms with Crippen molar-refractivity contribution in [1.29, 1.82) is 0 Å². The van der Waals surface area contributed by atoms with Crippen molar-refractivity contribution in [3.8, 4) is 11.5 Å². The maximum absolute atomic E-state index is 11.5. The number of esters is 1. The minimum atomic E-state index is -4.01. The van der Waals surface area contributed by atoms with Crippen LogP contribution in [0.1, 0.15) is 19.4 Å². The summed E-state index contributed by atoms with van der Waals surface area (Å²) >= 11 is 0. The zero-order valence-electron chi connectivity index (χ0n) is 10.2. The second kappa shape index (κ2) is 5.58. The normalized spacial score (nSPS) is 11.1. The third-order valence-electron chi connectivity index (χ3n) is 2.22. The van der Waals surface area contributed by atoms with Crippen molar-refractivity contribution in [2.75, 3.05) is 7.11 Å². The van der Waals surface area contributed by atoms with Crippen LogP contribution in [-0.4, -0.2) is 21.5 Å². The van der Waals surface area contributed by atoms with Crippen LogP contribution in [0.4, 0.5) is 0 Å². The highest BCUT2D eigenvalue weighted by atomic mass is 35.7. The zero-order chi connectivity index (χ0) is 13.9. The number of methoxy groups -OCH3 is 1. The average molecular weight is 293 g/mol. The SMILES string of the molecule is CCc1cc(OC)cc(OC(C)=O)c1S(=O)(=O)Cl. The molecule has 0 unspecified atom stereocenters. The van der Waals surface area contributed by atoms with Gasteiger partial charge in [0.05, 0.1) is 7.11 Å². The molecule has 0 saturated carbocycles. The van der Waals surface area contributed by atoms with Crippen molar-refractivity contribution >= 4 is 25.7 Å². The van der Waals surface area contributed by atoms with Gasteiger partial charge in [-0.1, -0.05) is 6.92 Å². The molecule has 0 fully saturated rings. The quantitative estimate of drug-likeness (QED) is 0.483. The summed E-state index contributed by atoms with van der Waals surface area (Å²) in [6.45, 7) is 2.94. The molecule has 5 nitrogen and oxygen atoms in total. The van der Waals surface area contributed by atoms with Gasteiger partial charge in [-0.05, 0) is 18.1 Å². The summed E-state index contributed by atoms with van der Waals surface area (Å²) in [5.74, 6) is -0.354. The summed E-state index contributed by atoms with van der Waals surface area (Å²) < 4.78 is 33.0. The standard InChI is InChI=1S/C11H13ClO5S/c1-4-8-5-9(16-3)6-10(17-7(2)13)11(8)18(12,14)15/h5-6H,4H2,1-3H3. The van der Waals surface area contributed by atoms with Gasteiger partial charge in [-0.2, -0.15) is 0 Å². The van der Waals surface area contributed by atoms with Gasteiger partial charge in [-0.3, -0.25) is 4.79 Å². The van der Waals surface area contributed by atoms with Gasteiger partial charge in [-0.15, -0.1) is 0 Å². The Morgan fingerprint density at radius 2 is 2.00 bits per heavy atom. The number of benzene rings is 1. The van der Waals surface area contributed by atoms with Crippen LogP contribution in [0.25, 0.3) is 0 Å². The van der Waals surface area contributed by atoms with E-state index in [1.165, 1.54) is 20.1 Å². The van der Waals surface area contributed by atoms with Crippen molar-refractivity contribution in [3.05, 3.63) is 17.7 Å². The van der Waals surface area contributed by atoms with E-state index < -0.39 is 15.0 Å². The van der Waals surface area contributed by atoms with Crippen LogP contribution in [0.3, 0.4) is 0 Å². The highest BCUT2D eigenvalue weighted by Gasteiger charge is 2.23. The van der Waals surface area contributed by atoms with E-state index in [0.29, 0.717) is 17.7 Å². The van der Waals surface area contributed by atoms with E-state index in [0.717, 1.165) is 0 Å². The topological polar surface area (TPSA) is 69.7 Å². The average Bonchev–Trinajstić information content (AvgIpc) is 2.25. The minimum absolute atomic E-state index is 0.117. The molecule has 0 aliphatic heterocycles. The van der Waals surface area contributed by atoms with Gasteiger partial charge in [0.2, 0.25) is 0 Å². The largest absolute Gasteiger partial charge is 0.497 e. The van der Waals surface area contributed by atoms with Gasteiger partial charge in [0.25, 0.3) is 9.05 Å². The van der Waals surface area contributed by atoms with Crippen LogP contribution in [0.15, 0.2) is 17.0 Å². The Balaban J connectivity index is 3.57. The lowest BCUT2D eigenvalue weighted by molar-refractivity contribution is -0.132. The molecular formula is C11H13ClO5S. The maximum Gasteiger partial charge on any atom is 0.308 e. The first-order chi connectivity index (χ1) is 8.29. The molecule has 18 heavy (non-hydrogen) atoms. The molecule has 0 heterocycles. The summed E-state index contributed by atoms with van der Waals surface area (Å²) in [5.41, 5.74) is 0.431. The van der Waals surface area contributed by atoms with Gasteiger partial charge >= 0.3 is 5.97 Å². The lowest BCUT2D eigenvalue weighted by Crippen LogP contribution is -2.08. The number of halogens is 1. The Bertz CT molecular complexity index is 565. The molecule has 0 amide bonds. The van der Waals surface area contributed by atoms with Crippen LogP contribution in [-0.2, 0) is 20.3 Å². The highest BCUT2D eigenvalue weighted by Crippen LogP contribution is 2.35. The van der Waals surface area contributed by atoms with E-state index in [-0.39, 0.29) is 10.6 Å². The number of rotatable bonds is 4. The van der Waals surface area contributed by atoms with Crippen molar-refractivity contribution in [1.82, 2.24) is 0 Å². The third-order valence-corrected chi connectivity index (χ3v) is 3.63. The molecule has 0 aromatic heterocycles. The van der Waals surface area contributed by atoms with Gasteiger partial charge in [0, 0.05) is 23.7 Å². The molecule has 0 aliphatic rings. The number of ether oxygens (including phenoxy) is 2. The molecule has 0 bridgehead atoms. The summed E-state index contributed by atoms with van der Waals surface area (Å²) in [5, 5.41) is 0.